The Morgan fingerprint density at radius 1 is 1.19 bits per heavy atom. The lowest BCUT2D eigenvalue weighted by atomic mass is 10.0. The second-order valence-corrected chi connectivity index (χ2v) is 4.29. The van der Waals surface area contributed by atoms with Gasteiger partial charge in [-0.15, -0.1) is 0 Å². The molecule has 0 aliphatic carbocycles. The molecule has 1 aromatic carbocycles. The molecule has 16 heavy (non-hydrogen) atoms. The lowest BCUT2D eigenvalue weighted by molar-refractivity contribution is -0.142. The first-order chi connectivity index (χ1) is 7.77. The van der Waals surface area contributed by atoms with Gasteiger partial charge in [0.1, 0.15) is 0 Å². The summed E-state index contributed by atoms with van der Waals surface area (Å²) in [5, 5.41) is 9.00. The molecule has 1 atom stereocenters. The predicted octanol–water partition coefficient (Wildman–Crippen LogP) is 2.38. The van der Waals surface area contributed by atoms with Crippen molar-refractivity contribution in [2.45, 2.75) is 19.3 Å². The molecule has 0 aromatic heterocycles. The van der Waals surface area contributed by atoms with Crippen LogP contribution in [0.5, 0.6) is 0 Å². The number of carboxylic acids is 1. The highest BCUT2D eigenvalue weighted by atomic mass is 16.4. The maximum atomic E-state index is 10.9. The minimum Gasteiger partial charge on any atom is -0.481 e. The van der Waals surface area contributed by atoms with Gasteiger partial charge in [-0.3, -0.25) is 4.79 Å². The summed E-state index contributed by atoms with van der Waals surface area (Å²) in [5.41, 5.74) is 1.20. The molecule has 0 amide bonds. The van der Waals surface area contributed by atoms with Crippen LogP contribution in [-0.2, 0) is 4.79 Å². The molecule has 3 heteroatoms. The Balaban J connectivity index is 2.02. The smallest absolute Gasteiger partial charge is 0.306 e. The van der Waals surface area contributed by atoms with Crippen molar-refractivity contribution in [3.63, 3.8) is 0 Å². The summed E-state index contributed by atoms with van der Waals surface area (Å²) in [6.07, 6.45) is 2.52. The minimum absolute atomic E-state index is 0.159. The Labute approximate surface area is 95.7 Å². The number of para-hydroxylation sites is 1. The number of anilines is 1. The maximum absolute atomic E-state index is 10.9. The Hall–Kier alpha value is -1.51. The van der Waals surface area contributed by atoms with Gasteiger partial charge < -0.3 is 10.0 Å². The summed E-state index contributed by atoms with van der Waals surface area (Å²) in [6.45, 7) is 1.81. The van der Waals surface area contributed by atoms with E-state index in [0.29, 0.717) is 0 Å². The number of rotatable bonds is 2. The molecule has 0 spiro atoms. The second kappa shape index (κ2) is 5.01. The third kappa shape index (κ3) is 2.54. The van der Waals surface area contributed by atoms with Gasteiger partial charge in [-0.25, -0.2) is 0 Å². The van der Waals surface area contributed by atoms with Crippen LogP contribution in [0.4, 0.5) is 5.69 Å². The van der Waals surface area contributed by atoms with Crippen molar-refractivity contribution in [1.82, 2.24) is 0 Å². The lowest BCUT2D eigenvalue weighted by Crippen LogP contribution is -2.24. The quantitative estimate of drug-likeness (QED) is 0.830. The van der Waals surface area contributed by atoms with E-state index in [-0.39, 0.29) is 5.92 Å². The van der Waals surface area contributed by atoms with Gasteiger partial charge in [0, 0.05) is 18.8 Å². The number of carboxylic acid groups (broad SMARTS) is 1. The van der Waals surface area contributed by atoms with Gasteiger partial charge in [-0.05, 0) is 31.4 Å². The summed E-state index contributed by atoms with van der Waals surface area (Å²) in [4.78, 5) is 13.2. The molecule has 1 saturated heterocycles. The topological polar surface area (TPSA) is 40.5 Å². The first-order valence-corrected chi connectivity index (χ1v) is 5.80. The van der Waals surface area contributed by atoms with Crippen LogP contribution in [0, 0.1) is 5.92 Å². The van der Waals surface area contributed by atoms with Crippen molar-refractivity contribution in [3.05, 3.63) is 30.3 Å². The van der Waals surface area contributed by atoms with Crippen LogP contribution in [0.3, 0.4) is 0 Å². The molecule has 3 nitrogen and oxygen atoms in total. The van der Waals surface area contributed by atoms with Crippen LogP contribution in [0.15, 0.2) is 30.3 Å². The Morgan fingerprint density at radius 2 is 1.94 bits per heavy atom. The number of carbonyl (C=O) groups is 1. The first-order valence-electron chi connectivity index (χ1n) is 5.80. The molecule has 1 aliphatic rings. The van der Waals surface area contributed by atoms with E-state index in [9.17, 15) is 4.79 Å². The number of nitrogens with zero attached hydrogens (tertiary/aromatic N) is 1. The van der Waals surface area contributed by atoms with Crippen LogP contribution >= 0.6 is 0 Å². The van der Waals surface area contributed by atoms with Crippen LogP contribution < -0.4 is 4.90 Å². The van der Waals surface area contributed by atoms with Crippen molar-refractivity contribution < 1.29 is 9.90 Å². The molecular formula is C13H17NO2. The minimum atomic E-state index is -0.644. The Bertz CT molecular complexity index is 350. The summed E-state index contributed by atoms with van der Waals surface area (Å²) in [7, 11) is 0. The largest absolute Gasteiger partial charge is 0.481 e. The highest BCUT2D eigenvalue weighted by molar-refractivity contribution is 5.70. The van der Waals surface area contributed by atoms with Crippen molar-refractivity contribution in [1.29, 1.82) is 0 Å². The van der Waals surface area contributed by atoms with Crippen LogP contribution in [0.25, 0.3) is 0 Å². The van der Waals surface area contributed by atoms with E-state index in [1.54, 1.807) is 0 Å². The fraction of sp³-hybridized carbons (Fsp3) is 0.462. The third-order valence-electron chi connectivity index (χ3n) is 3.20. The summed E-state index contributed by atoms with van der Waals surface area (Å²) >= 11 is 0. The number of hydrogen-bond donors (Lipinski definition) is 1. The lowest BCUT2D eigenvalue weighted by Gasteiger charge is -2.22. The zero-order chi connectivity index (χ0) is 11.4. The molecule has 2 rings (SSSR count). The predicted molar refractivity (Wildman–Crippen MR) is 63.6 cm³/mol. The van der Waals surface area contributed by atoms with Gasteiger partial charge in [0.05, 0.1) is 5.92 Å². The number of hydrogen-bond acceptors (Lipinski definition) is 2. The summed E-state index contributed by atoms with van der Waals surface area (Å²) < 4.78 is 0. The van der Waals surface area contributed by atoms with E-state index in [1.807, 2.05) is 18.2 Å². The summed E-state index contributed by atoms with van der Waals surface area (Å²) in [6, 6.07) is 10.2. The maximum Gasteiger partial charge on any atom is 0.306 e. The fourth-order valence-electron chi connectivity index (χ4n) is 2.24. The molecule has 1 heterocycles. The van der Waals surface area contributed by atoms with Crippen molar-refractivity contribution in [2.75, 3.05) is 18.0 Å². The number of benzene rings is 1. The average molecular weight is 219 g/mol. The van der Waals surface area contributed by atoms with Crippen LogP contribution in [-0.4, -0.2) is 24.2 Å². The summed E-state index contributed by atoms with van der Waals surface area (Å²) in [5.74, 6) is -0.802. The molecule has 86 valence electrons. The van der Waals surface area contributed by atoms with Gasteiger partial charge in [0.25, 0.3) is 0 Å². The van der Waals surface area contributed by atoms with Crippen LogP contribution in [0.1, 0.15) is 19.3 Å². The molecule has 1 N–H and O–H groups in total. The molecule has 0 radical (unpaired) electrons. The van der Waals surface area contributed by atoms with Crippen molar-refractivity contribution >= 4 is 11.7 Å². The van der Waals surface area contributed by atoms with Crippen molar-refractivity contribution in [2.24, 2.45) is 5.92 Å². The normalized spacial score (nSPS) is 21.5. The zero-order valence-corrected chi connectivity index (χ0v) is 9.30. The molecule has 0 bridgehead atoms. The van der Waals surface area contributed by atoms with Gasteiger partial charge in [-0.1, -0.05) is 18.2 Å². The Morgan fingerprint density at radius 3 is 2.62 bits per heavy atom. The van der Waals surface area contributed by atoms with Gasteiger partial charge in [-0.2, -0.15) is 0 Å². The molecule has 1 aliphatic heterocycles. The molecule has 1 unspecified atom stereocenters. The Kier molecular flexibility index (Phi) is 3.44. The first kappa shape index (κ1) is 11.0. The van der Waals surface area contributed by atoms with E-state index < -0.39 is 5.97 Å². The van der Waals surface area contributed by atoms with Gasteiger partial charge in [0.2, 0.25) is 0 Å². The van der Waals surface area contributed by atoms with E-state index in [2.05, 4.69) is 17.0 Å². The second-order valence-electron chi connectivity index (χ2n) is 4.29. The SMILES string of the molecule is O=C(O)C1CCCN(c2ccccc2)CC1. The molecule has 0 saturated carbocycles. The average Bonchev–Trinajstić information content (AvgIpc) is 2.55. The molecule has 1 fully saturated rings. The van der Waals surface area contributed by atoms with E-state index in [4.69, 9.17) is 5.11 Å². The highest BCUT2D eigenvalue weighted by Crippen LogP contribution is 2.22. The third-order valence-corrected chi connectivity index (χ3v) is 3.20. The fourth-order valence-corrected chi connectivity index (χ4v) is 2.24. The van der Waals surface area contributed by atoms with Gasteiger partial charge >= 0.3 is 5.97 Å². The molecule has 1 aromatic rings. The highest BCUT2D eigenvalue weighted by Gasteiger charge is 2.22. The van der Waals surface area contributed by atoms with Gasteiger partial charge in [0.15, 0.2) is 0 Å². The van der Waals surface area contributed by atoms with Crippen molar-refractivity contribution in [3.8, 4) is 0 Å². The van der Waals surface area contributed by atoms with Crippen LogP contribution in [0.2, 0.25) is 0 Å². The standard InChI is InChI=1S/C13H17NO2/c15-13(16)11-5-4-9-14(10-8-11)12-6-2-1-3-7-12/h1-3,6-7,11H,4-5,8-10H2,(H,15,16). The number of aliphatic carboxylic acids is 1. The monoisotopic (exact) mass is 219 g/mol. The zero-order valence-electron chi connectivity index (χ0n) is 9.30. The van der Waals surface area contributed by atoms with E-state index in [0.717, 1.165) is 32.4 Å². The molecular weight excluding hydrogens is 202 g/mol. The van der Waals surface area contributed by atoms with E-state index >= 15 is 0 Å². The van der Waals surface area contributed by atoms with E-state index in [1.165, 1.54) is 5.69 Å².